The zero-order valence-electron chi connectivity index (χ0n) is 16.0. The van der Waals surface area contributed by atoms with Gasteiger partial charge in [0.15, 0.2) is 18.8 Å². The highest BCUT2D eigenvalue weighted by Crippen LogP contribution is 2.58. The monoisotopic (exact) mass is 520 g/mol. The first-order valence-corrected chi connectivity index (χ1v) is 11.8. The summed E-state index contributed by atoms with van der Waals surface area (Å²) < 4.78 is 46.5. The van der Waals surface area contributed by atoms with Crippen LogP contribution in [0.25, 0.3) is 0 Å². The molecule has 1 aromatic heterocycles. The molecule has 18 nitrogen and oxygen atoms in total. The largest absolute Gasteiger partial charge is 0.756 e. The molecule has 0 aliphatic carbocycles. The Bertz CT molecular complexity index is 1060. The van der Waals surface area contributed by atoms with Crippen molar-refractivity contribution in [3.63, 3.8) is 0 Å². The predicted octanol–water partition coefficient (Wildman–Crippen LogP) is -5.46. The van der Waals surface area contributed by atoms with E-state index in [1.165, 1.54) is 0 Å². The first-order chi connectivity index (χ1) is 15.2. The summed E-state index contributed by atoms with van der Waals surface area (Å²) in [4.78, 5) is 48.7. The van der Waals surface area contributed by atoms with Gasteiger partial charge in [-0.1, -0.05) is 0 Å². The minimum absolute atomic E-state index is 0.596. The van der Waals surface area contributed by atoms with Gasteiger partial charge < -0.3 is 44.8 Å². The molecule has 0 spiro atoms. The summed E-state index contributed by atoms with van der Waals surface area (Å²) in [5, 5.41) is 48.2. The van der Waals surface area contributed by atoms with E-state index in [2.05, 4.69) is 13.4 Å². The van der Waals surface area contributed by atoms with Gasteiger partial charge in [-0.05, 0) is 0 Å². The Labute approximate surface area is 182 Å². The van der Waals surface area contributed by atoms with Crippen LogP contribution >= 0.6 is 15.6 Å². The molecule has 0 aromatic carbocycles. The van der Waals surface area contributed by atoms with Gasteiger partial charge >= 0.3 is 5.69 Å². The average Bonchev–Trinajstić information content (AvgIpc) is 3.11. The van der Waals surface area contributed by atoms with Gasteiger partial charge in [0.2, 0.25) is 0 Å². The molecule has 0 saturated carbocycles. The van der Waals surface area contributed by atoms with Crippen LogP contribution < -0.4 is 21.0 Å². The second kappa shape index (κ2) is 9.73. The van der Waals surface area contributed by atoms with E-state index in [0.717, 1.165) is 12.3 Å². The standard InChI is InChI=1S/C13H20N2O16P2/c16-3-4-6(18)8(20)11(27-4)29-32(23,24)31-33(25,26)30-12-9(21)7(19)10(28-12)15-2-1-5(17)14-13(15)22/h1-2,4,6-12,16,18-21H,3H2,(H,23,24)(H,25,26)(H,14,17,22)/p-2/t4-,6-,7+,8+,9-,10+,11+,12+/m0/s1. The topological polar surface area (TPSA) is 282 Å². The van der Waals surface area contributed by atoms with Gasteiger partial charge in [0.05, 0.1) is 6.61 Å². The fourth-order valence-electron chi connectivity index (χ4n) is 2.94. The molecule has 20 heteroatoms. The van der Waals surface area contributed by atoms with Crippen molar-refractivity contribution in [2.45, 2.75) is 49.3 Å². The summed E-state index contributed by atoms with van der Waals surface area (Å²) in [7, 11) is -11.8. The molecule has 2 aliphatic rings. The second-order valence-corrected chi connectivity index (χ2v) is 9.65. The van der Waals surface area contributed by atoms with E-state index in [1.54, 1.807) is 0 Å². The summed E-state index contributed by atoms with van der Waals surface area (Å²) in [6, 6.07) is 0.864. The van der Waals surface area contributed by atoms with Crippen LogP contribution in [0.5, 0.6) is 0 Å². The average molecular weight is 520 g/mol. The third-order valence-electron chi connectivity index (χ3n) is 4.48. The first-order valence-electron chi connectivity index (χ1n) is 8.90. The molecule has 3 rings (SSSR count). The van der Waals surface area contributed by atoms with E-state index in [9.17, 15) is 48.9 Å². The number of phosphoric ester groups is 2. The predicted molar refractivity (Wildman–Crippen MR) is 93.5 cm³/mol. The lowest BCUT2D eigenvalue weighted by Gasteiger charge is -2.33. The van der Waals surface area contributed by atoms with Gasteiger partial charge in [-0.3, -0.25) is 32.5 Å². The molecule has 0 radical (unpaired) electrons. The lowest BCUT2D eigenvalue weighted by atomic mass is 10.1. The minimum Gasteiger partial charge on any atom is -0.756 e. The fourth-order valence-corrected chi connectivity index (χ4v) is 5.09. The SMILES string of the molecule is O=c1ccn([C@@H]2O[C@H](OP(=O)([O-])OP(=O)([O-])O[C@H]3O[C@@H](CO)[C@H](O)[C@H]3O)[C@@H](O)[C@H]2O)c(=O)[nH]1. The summed E-state index contributed by atoms with van der Waals surface area (Å²) >= 11 is 0. The van der Waals surface area contributed by atoms with Gasteiger partial charge in [-0.25, -0.2) is 9.11 Å². The minimum atomic E-state index is -5.92. The molecule has 6 N–H and O–H groups in total. The van der Waals surface area contributed by atoms with Gasteiger partial charge in [0, 0.05) is 12.3 Å². The number of rotatable bonds is 8. The molecule has 33 heavy (non-hydrogen) atoms. The van der Waals surface area contributed by atoms with Crippen LogP contribution in [0.4, 0.5) is 0 Å². The number of aromatic nitrogens is 2. The van der Waals surface area contributed by atoms with Crippen molar-refractivity contribution in [1.29, 1.82) is 0 Å². The number of phosphoric acid groups is 2. The highest BCUT2D eigenvalue weighted by molar-refractivity contribution is 7.59. The van der Waals surface area contributed by atoms with E-state index in [4.69, 9.17) is 14.6 Å². The van der Waals surface area contributed by atoms with Crippen molar-refractivity contribution in [2.75, 3.05) is 6.61 Å². The Morgan fingerprint density at radius 2 is 1.52 bits per heavy atom. The zero-order valence-corrected chi connectivity index (χ0v) is 17.8. The molecule has 0 bridgehead atoms. The Hall–Kier alpha value is -1.34. The highest BCUT2D eigenvalue weighted by Gasteiger charge is 2.48. The van der Waals surface area contributed by atoms with E-state index < -0.39 is 82.8 Å². The molecular weight excluding hydrogens is 502 g/mol. The van der Waals surface area contributed by atoms with E-state index in [0.29, 0.717) is 4.57 Å². The van der Waals surface area contributed by atoms with Gasteiger partial charge in [-0.15, -0.1) is 0 Å². The summed E-state index contributed by atoms with van der Waals surface area (Å²) in [5.74, 6) is 0. The van der Waals surface area contributed by atoms with Crippen LogP contribution in [0.15, 0.2) is 21.9 Å². The number of ether oxygens (including phenoxy) is 2. The van der Waals surface area contributed by atoms with Crippen molar-refractivity contribution in [3.8, 4) is 0 Å². The number of aliphatic hydroxyl groups is 5. The van der Waals surface area contributed by atoms with Gasteiger partial charge in [-0.2, -0.15) is 0 Å². The quantitative estimate of drug-likeness (QED) is 0.174. The molecule has 2 fully saturated rings. The van der Waals surface area contributed by atoms with Crippen molar-refractivity contribution in [2.24, 2.45) is 0 Å². The lowest BCUT2D eigenvalue weighted by molar-refractivity contribution is -0.267. The zero-order chi connectivity index (χ0) is 24.7. The number of nitrogens with zero attached hydrogens (tertiary/aromatic N) is 1. The summed E-state index contributed by atoms with van der Waals surface area (Å²) in [5.41, 5.74) is -1.88. The molecule has 1 aromatic rings. The van der Waals surface area contributed by atoms with Crippen LogP contribution in [0.3, 0.4) is 0 Å². The van der Waals surface area contributed by atoms with Crippen molar-refractivity contribution < 1.29 is 67.3 Å². The van der Waals surface area contributed by atoms with Crippen molar-refractivity contribution >= 4 is 15.6 Å². The highest BCUT2D eigenvalue weighted by atomic mass is 31.3. The van der Waals surface area contributed by atoms with Crippen LogP contribution in [-0.2, 0) is 32.0 Å². The lowest BCUT2D eigenvalue weighted by Crippen LogP contribution is -2.37. The Morgan fingerprint density at radius 1 is 0.970 bits per heavy atom. The molecule has 0 amide bonds. The molecule has 10 atom stereocenters. The second-order valence-electron chi connectivity index (χ2n) is 6.79. The Balaban J connectivity index is 1.67. The maximum absolute atomic E-state index is 12.0. The maximum Gasteiger partial charge on any atom is 0.330 e. The van der Waals surface area contributed by atoms with Crippen LogP contribution in [-0.4, -0.2) is 84.8 Å². The van der Waals surface area contributed by atoms with Gasteiger partial charge in [0.1, 0.15) is 30.5 Å². The number of nitrogens with one attached hydrogen (secondary N) is 1. The number of aliphatic hydroxyl groups excluding tert-OH is 5. The van der Waals surface area contributed by atoms with Crippen LogP contribution in [0.2, 0.25) is 0 Å². The fraction of sp³-hybridized carbons (Fsp3) is 0.692. The summed E-state index contributed by atoms with van der Waals surface area (Å²) in [6.45, 7) is -0.829. The smallest absolute Gasteiger partial charge is 0.330 e. The third-order valence-corrected chi connectivity index (χ3v) is 7.02. The number of hydrogen-bond donors (Lipinski definition) is 6. The summed E-state index contributed by atoms with van der Waals surface area (Å²) in [6.07, 6.45) is -14.6. The number of H-pyrrole nitrogens is 1. The first kappa shape index (κ1) is 26.3. The normalized spacial score (nSPS) is 38.2. The van der Waals surface area contributed by atoms with Crippen LogP contribution in [0.1, 0.15) is 6.23 Å². The van der Waals surface area contributed by atoms with Crippen LogP contribution in [0, 0.1) is 0 Å². The number of aromatic amines is 1. The molecule has 2 aliphatic heterocycles. The maximum atomic E-state index is 12.0. The van der Waals surface area contributed by atoms with E-state index in [-0.39, 0.29) is 0 Å². The Morgan fingerprint density at radius 3 is 2.03 bits per heavy atom. The van der Waals surface area contributed by atoms with Crippen molar-refractivity contribution in [1.82, 2.24) is 9.55 Å². The third kappa shape index (κ3) is 5.84. The molecule has 188 valence electrons. The van der Waals surface area contributed by atoms with E-state index in [1.807, 2.05) is 4.98 Å². The molecule has 3 heterocycles. The molecular formula is C13H18N2O16P2-2. The molecule has 2 saturated heterocycles. The van der Waals surface area contributed by atoms with Crippen molar-refractivity contribution in [3.05, 3.63) is 33.1 Å². The van der Waals surface area contributed by atoms with Gasteiger partial charge in [0.25, 0.3) is 21.2 Å². The van der Waals surface area contributed by atoms with E-state index >= 15 is 0 Å². The Kier molecular flexibility index (Phi) is 7.74. The number of hydrogen-bond acceptors (Lipinski definition) is 16. The molecule has 2 unspecified atom stereocenters.